The maximum atomic E-state index is 13.0. The van der Waals surface area contributed by atoms with Crippen LogP contribution >= 0.6 is 22.9 Å². The molecule has 0 bridgehead atoms. The number of aromatic carboxylic acids is 1. The first-order valence-electron chi connectivity index (χ1n) is 15.3. The summed E-state index contributed by atoms with van der Waals surface area (Å²) in [5.74, 6) is -0.774. The van der Waals surface area contributed by atoms with E-state index in [0.29, 0.717) is 56.4 Å². The number of carbonyl (C=O) groups excluding carboxylic acids is 1. The van der Waals surface area contributed by atoms with Gasteiger partial charge in [-0.2, -0.15) is 0 Å². The van der Waals surface area contributed by atoms with Crippen LogP contribution in [-0.4, -0.2) is 95.9 Å². The fourth-order valence-corrected chi connectivity index (χ4v) is 5.79. The van der Waals surface area contributed by atoms with E-state index in [0.717, 1.165) is 59.6 Å². The molecule has 11 nitrogen and oxygen atoms in total. The predicted molar refractivity (Wildman–Crippen MR) is 181 cm³/mol. The number of nitrogens with zero attached hydrogens (tertiary/aromatic N) is 2. The summed E-state index contributed by atoms with van der Waals surface area (Å²) in [5, 5.41) is 22.3. The zero-order chi connectivity index (χ0) is 33.3. The maximum Gasteiger partial charge on any atom is 0.338 e. The number of furan rings is 1. The average Bonchev–Trinajstić information content (AvgIpc) is 3.72. The first-order chi connectivity index (χ1) is 22.2. The second kappa shape index (κ2) is 19.7. The van der Waals surface area contributed by atoms with E-state index in [1.165, 1.54) is 18.6 Å². The lowest BCUT2D eigenvalue weighted by molar-refractivity contribution is -0.132. The Labute approximate surface area is 277 Å². The topological polar surface area (TPSA) is 148 Å². The fraction of sp³-hybridized carbons (Fsp3) is 0.424. The Morgan fingerprint density at radius 2 is 1.85 bits per heavy atom. The van der Waals surface area contributed by atoms with Crippen LogP contribution in [0.15, 0.2) is 64.2 Å². The summed E-state index contributed by atoms with van der Waals surface area (Å²) >= 11 is 7.15. The van der Waals surface area contributed by atoms with Gasteiger partial charge in [-0.15, -0.1) is 0 Å². The number of hydrogen-bond donors (Lipinski definition) is 4. The zero-order valence-corrected chi connectivity index (χ0v) is 27.9. The minimum absolute atomic E-state index is 0.0888. The number of ether oxygens (including phenoxy) is 1. The molecule has 0 aliphatic carbocycles. The Balaban J connectivity index is 0.000000625. The third-order valence-corrected chi connectivity index (χ3v) is 8.55. The quantitative estimate of drug-likeness (QED) is 0.108. The van der Waals surface area contributed by atoms with Crippen LogP contribution in [0.25, 0.3) is 10.2 Å². The van der Waals surface area contributed by atoms with Gasteiger partial charge in [-0.1, -0.05) is 55.0 Å². The number of aromatic hydroxyl groups is 1. The molecule has 2 aromatic heterocycles. The summed E-state index contributed by atoms with van der Waals surface area (Å²) in [6.07, 6.45) is 4.34. The molecule has 1 amide bonds. The number of rotatable bonds is 18. The molecule has 2 aromatic carbocycles. The first kappa shape index (κ1) is 36.8. The van der Waals surface area contributed by atoms with E-state index in [-0.39, 0.29) is 22.1 Å². The van der Waals surface area contributed by atoms with Crippen LogP contribution in [0.1, 0.15) is 41.8 Å². The average molecular weight is 675 g/mol. The summed E-state index contributed by atoms with van der Waals surface area (Å²) in [4.78, 5) is 41.5. The number of phenols is 1. The third-order valence-electron chi connectivity index (χ3n) is 7.35. The highest BCUT2D eigenvalue weighted by Crippen LogP contribution is 2.27. The number of nitrogens with one attached hydrogen (secondary N) is 2. The van der Waals surface area contributed by atoms with Gasteiger partial charge in [0.25, 0.3) is 0 Å². The van der Waals surface area contributed by atoms with Crippen LogP contribution in [0.5, 0.6) is 5.75 Å². The van der Waals surface area contributed by atoms with E-state index >= 15 is 0 Å². The van der Waals surface area contributed by atoms with Crippen molar-refractivity contribution in [3.63, 3.8) is 0 Å². The molecule has 4 rings (SSSR count). The van der Waals surface area contributed by atoms with Crippen molar-refractivity contribution >= 4 is 45.0 Å². The number of carbonyl (C=O) groups is 2. The zero-order valence-electron chi connectivity index (χ0n) is 26.3. The Morgan fingerprint density at radius 3 is 2.52 bits per heavy atom. The van der Waals surface area contributed by atoms with Gasteiger partial charge in [0.2, 0.25) is 5.91 Å². The summed E-state index contributed by atoms with van der Waals surface area (Å²) < 4.78 is 11.0. The van der Waals surface area contributed by atoms with E-state index < -0.39 is 5.97 Å². The van der Waals surface area contributed by atoms with Crippen LogP contribution in [0, 0.1) is 0 Å². The molecule has 0 fully saturated rings. The maximum absolute atomic E-state index is 13.0. The number of phenolic OH excluding ortho intramolecular Hbond substituents is 1. The number of fused-ring (bicyclic) bond motifs is 1. The highest BCUT2D eigenvalue weighted by atomic mass is 35.5. The molecule has 0 atom stereocenters. The molecule has 4 N–H and O–H groups in total. The molecule has 0 saturated carbocycles. The molecule has 13 heteroatoms. The second-order valence-electron chi connectivity index (χ2n) is 10.4. The van der Waals surface area contributed by atoms with Crippen molar-refractivity contribution in [2.24, 2.45) is 0 Å². The Hall–Kier alpha value is -3.68. The van der Waals surface area contributed by atoms with Gasteiger partial charge in [-0.05, 0) is 67.9 Å². The lowest BCUT2D eigenvalue weighted by atomic mass is 10.1. The molecule has 0 radical (unpaired) electrons. The summed E-state index contributed by atoms with van der Waals surface area (Å²) in [6, 6.07) is 12.6. The highest BCUT2D eigenvalue weighted by molar-refractivity contribution is 7.16. The number of likely N-dealkylation sites (N-methyl/N-ethyl adjacent to an activating group) is 1. The standard InChI is InChI=1S/C28H39ClN4O4S.C5H4O3/c1-3-32(4-2)16-17-33(25(35)12-19-37-18-11-21-6-5-7-23(29)20-21)15-14-30-13-10-22-8-9-24(34)26-27(22)38-28(36)31-26;6-5(7)4-1-2-8-3-4/h5-9,20,30,34H,3-4,10-19H2,1-2H3,(H,31,36);1-3H,(H,6,7). The van der Waals surface area contributed by atoms with Crippen molar-refractivity contribution in [3.05, 3.63) is 86.4 Å². The number of carboxylic acids is 1. The number of aromatic nitrogens is 1. The first-order valence-corrected chi connectivity index (χ1v) is 16.5. The van der Waals surface area contributed by atoms with E-state index in [4.69, 9.17) is 21.4 Å². The monoisotopic (exact) mass is 674 g/mol. The minimum atomic E-state index is -0.959. The van der Waals surface area contributed by atoms with E-state index in [2.05, 4.69) is 33.5 Å². The Bertz CT molecular complexity index is 1550. The number of H-pyrrole nitrogens is 1. The van der Waals surface area contributed by atoms with E-state index in [1.807, 2.05) is 35.2 Å². The van der Waals surface area contributed by atoms with Gasteiger partial charge in [0, 0.05) is 31.2 Å². The molecule has 46 heavy (non-hydrogen) atoms. The van der Waals surface area contributed by atoms with Gasteiger partial charge in [0.1, 0.15) is 17.5 Å². The Kier molecular flexibility index (Phi) is 15.8. The lowest BCUT2D eigenvalue weighted by Crippen LogP contribution is -2.42. The van der Waals surface area contributed by atoms with Crippen molar-refractivity contribution < 1.29 is 29.0 Å². The Morgan fingerprint density at radius 1 is 1.04 bits per heavy atom. The molecule has 250 valence electrons. The van der Waals surface area contributed by atoms with E-state index in [1.54, 1.807) is 6.07 Å². The van der Waals surface area contributed by atoms with E-state index in [9.17, 15) is 19.5 Å². The second-order valence-corrected chi connectivity index (χ2v) is 11.8. The molecular weight excluding hydrogens is 632 g/mol. The molecule has 4 aromatic rings. The van der Waals surface area contributed by atoms with Crippen LogP contribution in [0.3, 0.4) is 0 Å². The van der Waals surface area contributed by atoms with Gasteiger partial charge in [-0.25, -0.2) is 4.79 Å². The predicted octanol–water partition coefficient (Wildman–Crippen LogP) is 4.88. The summed E-state index contributed by atoms with van der Waals surface area (Å²) in [7, 11) is 0. The number of carboxylic acid groups (broad SMARTS) is 1. The number of amides is 1. The SMILES string of the molecule is CCN(CC)CCN(CCNCCc1ccc(O)c2[nH]c(=O)sc12)C(=O)CCOCCc1cccc(Cl)c1.O=C(O)c1ccoc1. The molecule has 0 aliphatic heterocycles. The van der Waals surface area contributed by atoms with Gasteiger partial charge in [-0.3, -0.25) is 9.59 Å². The van der Waals surface area contributed by atoms with Gasteiger partial charge in [0.15, 0.2) is 0 Å². The number of aromatic amines is 1. The molecule has 2 heterocycles. The molecule has 0 spiro atoms. The van der Waals surface area contributed by atoms with Crippen LogP contribution in [0.4, 0.5) is 0 Å². The largest absolute Gasteiger partial charge is 0.506 e. The number of benzene rings is 2. The summed E-state index contributed by atoms with van der Waals surface area (Å²) in [5.41, 5.74) is 2.82. The summed E-state index contributed by atoms with van der Waals surface area (Å²) in [6.45, 7) is 10.6. The van der Waals surface area contributed by atoms with Crippen molar-refractivity contribution in [2.45, 2.75) is 33.1 Å². The number of thiazole rings is 1. The fourth-order valence-electron chi connectivity index (χ4n) is 4.68. The normalized spacial score (nSPS) is 11.0. The molecule has 0 saturated heterocycles. The lowest BCUT2D eigenvalue weighted by Gasteiger charge is -2.27. The smallest absolute Gasteiger partial charge is 0.338 e. The number of hydrogen-bond acceptors (Lipinski definition) is 9. The minimum Gasteiger partial charge on any atom is -0.506 e. The van der Waals surface area contributed by atoms with Gasteiger partial charge < -0.3 is 39.5 Å². The van der Waals surface area contributed by atoms with Crippen LogP contribution in [-0.2, 0) is 22.4 Å². The molecular formula is C33H43ClN4O7S. The van der Waals surface area contributed by atoms with Gasteiger partial charge >= 0.3 is 10.8 Å². The van der Waals surface area contributed by atoms with Crippen molar-refractivity contribution in [3.8, 4) is 5.75 Å². The van der Waals surface area contributed by atoms with Crippen LogP contribution < -0.4 is 10.2 Å². The highest BCUT2D eigenvalue weighted by Gasteiger charge is 2.15. The van der Waals surface area contributed by atoms with Crippen molar-refractivity contribution in [1.82, 2.24) is 20.1 Å². The van der Waals surface area contributed by atoms with Crippen molar-refractivity contribution in [2.75, 3.05) is 59.0 Å². The molecule has 0 aliphatic rings. The molecule has 0 unspecified atom stereocenters. The van der Waals surface area contributed by atoms with Crippen LogP contribution in [0.2, 0.25) is 5.02 Å². The third kappa shape index (κ3) is 12.3. The number of halogens is 1. The van der Waals surface area contributed by atoms with Crippen molar-refractivity contribution in [1.29, 1.82) is 0 Å². The van der Waals surface area contributed by atoms with Gasteiger partial charge in [0.05, 0.1) is 36.2 Å².